The lowest BCUT2D eigenvalue weighted by Gasteiger charge is -2.05. The molecule has 1 N–H and O–H groups in total. The molecular weight excluding hydrogens is 366 g/mol. The molecule has 1 aliphatic carbocycles. The Morgan fingerprint density at radius 3 is 2.23 bits per heavy atom. The van der Waals surface area contributed by atoms with Crippen LogP contribution in [-0.2, 0) is 0 Å². The van der Waals surface area contributed by atoms with Crippen LogP contribution in [0.5, 0.6) is 0 Å². The molecule has 0 spiro atoms. The van der Waals surface area contributed by atoms with Gasteiger partial charge in [-0.15, -0.1) is 0 Å². The molecule has 3 heteroatoms. The molecule has 2 heterocycles. The van der Waals surface area contributed by atoms with Crippen LogP contribution < -0.4 is 5.32 Å². The van der Waals surface area contributed by atoms with Crippen LogP contribution in [0.3, 0.4) is 0 Å². The van der Waals surface area contributed by atoms with Gasteiger partial charge in [-0.1, -0.05) is 92.4 Å². The quantitative estimate of drug-likeness (QED) is 0.492. The minimum absolute atomic E-state index is 0. The summed E-state index contributed by atoms with van der Waals surface area (Å²) in [5.41, 5.74) is 3.23. The number of aromatic nitrogens is 2. The van der Waals surface area contributed by atoms with Crippen LogP contribution in [0.1, 0.15) is 94.6 Å². The first-order valence-electron chi connectivity index (χ1n) is 12.1. The minimum Gasteiger partial charge on any atom is -0.370 e. The molecule has 0 amide bonds. The molecule has 0 fully saturated rings. The van der Waals surface area contributed by atoms with Crippen molar-refractivity contribution in [2.45, 2.75) is 87.5 Å². The van der Waals surface area contributed by atoms with E-state index >= 15 is 0 Å². The Morgan fingerprint density at radius 1 is 1.03 bits per heavy atom. The fourth-order valence-corrected chi connectivity index (χ4v) is 3.23. The molecular formula is C27H47N3. The number of rotatable bonds is 7. The van der Waals surface area contributed by atoms with Crippen molar-refractivity contribution >= 4 is 22.3 Å². The van der Waals surface area contributed by atoms with Gasteiger partial charge >= 0.3 is 0 Å². The van der Waals surface area contributed by atoms with E-state index in [0.29, 0.717) is 0 Å². The van der Waals surface area contributed by atoms with Gasteiger partial charge in [0.2, 0.25) is 0 Å². The Balaban J connectivity index is 0. The van der Waals surface area contributed by atoms with E-state index in [9.17, 15) is 0 Å². The van der Waals surface area contributed by atoms with Crippen LogP contribution in [0.2, 0.25) is 0 Å². The molecule has 0 atom stereocenters. The molecule has 0 saturated heterocycles. The van der Waals surface area contributed by atoms with Crippen LogP contribution in [0.25, 0.3) is 16.5 Å². The van der Waals surface area contributed by atoms with Crippen LogP contribution in [0.15, 0.2) is 42.6 Å². The molecule has 0 unspecified atom stereocenters. The fraction of sp³-hybridized carbons (Fsp3) is 0.556. The number of anilines is 1. The summed E-state index contributed by atoms with van der Waals surface area (Å²) in [5, 5.41) is 4.28. The molecule has 0 aliphatic heterocycles. The lowest BCUT2D eigenvalue weighted by atomic mass is 10.0. The molecule has 2 aromatic rings. The standard InChI is InChI=1S/C15H15N3.C8H18.2C2H6.H2/c1-2-16-15-9-14-12(10-17-15)7-8-13(18-14)11-5-3-4-6-11;1-4-6-8(3)7-5-2;2*1-2;/h3,5-10H,2,4H2,1H3,(H,16,17);8H,4-7H2,1-3H3;2*1-2H3;1H. The summed E-state index contributed by atoms with van der Waals surface area (Å²) in [6.45, 7) is 17.8. The highest BCUT2D eigenvalue weighted by molar-refractivity contribution is 5.84. The predicted molar refractivity (Wildman–Crippen MR) is 139 cm³/mol. The zero-order chi connectivity index (χ0) is 22.8. The van der Waals surface area contributed by atoms with Crippen LogP contribution in [0.4, 0.5) is 5.82 Å². The number of nitrogens with zero attached hydrogens (tertiary/aromatic N) is 2. The van der Waals surface area contributed by atoms with Crippen molar-refractivity contribution in [1.82, 2.24) is 9.97 Å². The molecule has 0 radical (unpaired) electrons. The van der Waals surface area contributed by atoms with Crippen molar-refractivity contribution < 1.29 is 1.43 Å². The number of fused-ring (bicyclic) bond motifs is 1. The summed E-state index contributed by atoms with van der Waals surface area (Å²) in [6, 6.07) is 6.13. The fourth-order valence-electron chi connectivity index (χ4n) is 3.23. The summed E-state index contributed by atoms with van der Waals surface area (Å²) >= 11 is 0. The van der Waals surface area contributed by atoms with E-state index in [1.165, 1.54) is 31.3 Å². The zero-order valence-corrected chi connectivity index (χ0v) is 20.8. The van der Waals surface area contributed by atoms with Crippen molar-refractivity contribution in [2.75, 3.05) is 11.9 Å². The van der Waals surface area contributed by atoms with Gasteiger partial charge in [-0.05, 0) is 37.0 Å². The Labute approximate surface area is 187 Å². The first kappa shape index (κ1) is 27.8. The van der Waals surface area contributed by atoms with Gasteiger partial charge in [0.05, 0.1) is 11.2 Å². The van der Waals surface area contributed by atoms with Crippen molar-refractivity contribution in [3.8, 4) is 0 Å². The molecule has 2 aromatic heterocycles. The third-order valence-electron chi connectivity index (χ3n) is 4.56. The SMILES string of the molecule is CC.CC.CCCC(C)CCC.CCNc1cc2nc(C3=CCC=C3)ccc2cn1.[HH]. The Morgan fingerprint density at radius 2 is 1.70 bits per heavy atom. The number of hydrogen-bond donors (Lipinski definition) is 1. The van der Waals surface area contributed by atoms with Gasteiger partial charge in [0.1, 0.15) is 5.82 Å². The van der Waals surface area contributed by atoms with Crippen molar-refractivity contribution in [3.63, 3.8) is 0 Å². The first-order chi connectivity index (χ1) is 14.7. The predicted octanol–water partition coefficient (Wildman–Crippen LogP) is 8.93. The molecule has 1 aliphatic rings. The molecule has 170 valence electrons. The van der Waals surface area contributed by atoms with Gasteiger partial charge in [-0.2, -0.15) is 0 Å². The second kappa shape index (κ2) is 17.7. The average molecular weight is 414 g/mol. The van der Waals surface area contributed by atoms with Crippen LogP contribution in [0, 0.1) is 5.92 Å². The Bertz CT molecular complexity index is 747. The van der Waals surface area contributed by atoms with Crippen molar-refractivity contribution in [1.29, 1.82) is 0 Å². The smallest absolute Gasteiger partial charge is 0.128 e. The van der Waals surface area contributed by atoms with E-state index in [2.05, 4.69) is 68.4 Å². The van der Waals surface area contributed by atoms with Gasteiger partial charge in [-0.3, -0.25) is 0 Å². The maximum absolute atomic E-state index is 4.70. The summed E-state index contributed by atoms with van der Waals surface area (Å²) in [5.74, 6) is 1.84. The number of pyridine rings is 2. The Hall–Kier alpha value is -2.16. The third-order valence-corrected chi connectivity index (χ3v) is 4.56. The first-order valence-corrected chi connectivity index (χ1v) is 12.1. The number of nitrogens with one attached hydrogen (secondary N) is 1. The molecule has 3 rings (SSSR count). The summed E-state index contributed by atoms with van der Waals surface area (Å²) in [6.07, 6.45) is 14.9. The zero-order valence-electron chi connectivity index (χ0n) is 20.8. The molecule has 0 saturated carbocycles. The van der Waals surface area contributed by atoms with Gasteiger partial charge in [0, 0.05) is 25.6 Å². The van der Waals surface area contributed by atoms with Gasteiger partial charge in [-0.25, -0.2) is 9.97 Å². The Kier molecular flexibility index (Phi) is 16.4. The van der Waals surface area contributed by atoms with Crippen LogP contribution >= 0.6 is 0 Å². The normalized spacial score (nSPS) is 11.6. The molecule has 3 nitrogen and oxygen atoms in total. The van der Waals surface area contributed by atoms with Crippen molar-refractivity contribution in [3.05, 3.63) is 48.3 Å². The highest BCUT2D eigenvalue weighted by Crippen LogP contribution is 2.23. The van der Waals surface area contributed by atoms with Gasteiger partial charge in [0.15, 0.2) is 0 Å². The topological polar surface area (TPSA) is 37.8 Å². The minimum atomic E-state index is 0. The van der Waals surface area contributed by atoms with Gasteiger partial charge in [0.25, 0.3) is 0 Å². The third kappa shape index (κ3) is 10.0. The lowest BCUT2D eigenvalue weighted by Crippen LogP contribution is -1.99. The van der Waals surface area contributed by atoms with E-state index in [0.717, 1.165) is 41.3 Å². The van der Waals surface area contributed by atoms with Gasteiger partial charge < -0.3 is 5.32 Å². The van der Waals surface area contributed by atoms with Crippen LogP contribution in [-0.4, -0.2) is 16.5 Å². The second-order valence-corrected chi connectivity index (χ2v) is 6.97. The monoisotopic (exact) mass is 413 g/mol. The highest BCUT2D eigenvalue weighted by atomic mass is 15.0. The summed E-state index contributed by atoms with van der Waals surface area (Å²) in [4.78, 5) is 9.04. The van der Waals surface area contributed by atoms with Crippen molar-refractivity contribution in [2.24, 2.45) is 5.92 Å². The van der Waals surface area contributed by atoms with E-state index in [1.807, 2.05) is 40.0 Å². The number of allylic oxidation sites excluding steroid dienone is 4. The lowest BCUT2D eigenvalue weighted by molar-refractivity contribution is 0.480. The van der Waals surface area contributed by atoms with E-state index in [-0.39, 0.29) is 1.43 Å². The molecule has 30 heavy (non-hydrogen) atoms. The summed E-state index contributed by atoms with van der Waals surface area (Å²) in [7, 11) is 0. The molecule has 0 bridgehead atoms. The molecule has 0 aromatic carbocycles. The number of hydrogen-bond acceptors (Lipinski definition) is 3. The largest absolute Gasteiger partial charge is 0.370 e. The van der Waals surface area contributed by atoms with E-state index in [1.54, 1.807) is 0 Å². The van der Waals surface area contributed by atoms with E-state index < -0.39 is 0 Å². The average Bonchev–Trinajstić information content (AvgIpc) is 3.32. The second-order valence-electron chi connectivity index (χ2n) is 6.97. The highest BCUT2D eigenvalue weighted by Gasteiger charge is 2.05. The van der Waals surface area contributed by atoms with E-state index in [4.69, 9.17) is 4.98 Å². The maximum Gasteiger partial charge on any atom is 0.128 e. The maximum atomic E-state index is 4.70. The summed E-state index contributed by atoms with van der Waals surface area (Å²) < 4.78 is 0.